The lowest BCUT2D eigenvalue weighted by Crippen LogP contribution is -2.54. The first kappa shape index (κ1) is 85.5. The Morgan fingerprint density at radius 2 is 1.41 bits per heavy atom. The zero-order valence-electron chi connectivity index (χ0n) is 61.6. The van der Waals surface area contributed by atoms with E-state index in [4.69, 9.17) is 25.1 Å². The number of hydrogen-bond acceptors (Lipinski definition) is 16. The highest BCUT2D eigenvalue weighted by atomic mass is 32.2. The molecule has 0 aromatic heterocycles. The van der Waals surface area contributed by atoms with Crippen molar-refractivity contribution in [2.75, 3.05) is 59.5 Å². The Hall–Kier alpha value is -6.76. The van der Waals surface area contributed by atoms with E-state index in [0.29, 0.717) is 69.3 Å². The van der Waals surface area contributed by atoms with E-state index in [9.17, 15) is 52.7 Å². The smallest absolute Gasteiger partial charge is 0.410 e. The molecule has 23 nitrogen and oxygen atoms in total. The SMILES string of the molecule is CC[C@H](C)[C@@H]([C@@H](CC(=O)N1CCC[C@H]1[C@H](OC)[C@@H](C)C(=O)CC(C)C)OC)N(C)C(=O)[C@@H](CC(=O)[C@H](C(C)C)N(C)C(=O)OCc1ccc(NC(=O)[C@H](CCCNC(N)=O)CC(=O)[C@@H](NC(=O)CCCCCN2C(=O)CC(SC)C2=O)C(C)C)cc1)C(C)C.C[C@@H](O)c1ccccc1. The van der Waals surface area contributed by atoms with E-state index in [1.165, 1.54) is 35.7 Å². The first-order valence-electron chi connectivity index (χ1n) is 35.2. The monoisotopic (exact) mass is 1390 g/mol. The molecule has 2 aromatic rings. The molecule has 4 rings (SSSR count). The molecular formula is C74H118N8O15S. The van der Waals surface area contributed by atoms with Crippen molar-refractivity contribution in [2.45, 2.75) is 227 Å². The van der Waals surface area contributed by atoms with Crippen LogP contribution in [0.5, 0.6) is 0 Å². The van der Waals surface area contributed by atoms with Crippen molar-refractivity contribution in [2.24, 2.45) is 53.1 Å². The molecule has 2 aromatic carbocycles. The summed E-state index contributed by atoms with van der Waals surface area (Å²) in [4.78, 5) is 154. The van der Waals surface area contributed by atoms with Crippen LogP contribution in [0.25, 0.3) is 0 Å². The predicted molar refractivity (Wildman–Crippen MR) is 381 cm³/mol. The Balaban J connectivity index is 0.00000255. The van der Waals surface area contributed by atoms with E-state index in [1.807, 2.05) is 97.5 Å². The number of likely N-dealkylation sites (N-methyl/N-ethyl adjacent to an activating group) is 2. The number of imide groups is 1. The van der Waals surface area contributed by atoms with Crippen LogP contribution in [0.3, 0.4) is 0 Å². The Labute approximate surface area is 587 Å². The number of hydrogen-bond donors (Lipinski definition) is 5. The zero-order chi connectivity index (χ0) is 73.7. The number of aliphatic hydroxyl groups is 1. The van der Waals surface area contributed by atoms with Gasteiger partial charge < -0.3 is 55.7 Å². The summed E-state index contributed by atoms with van der Waals surface area (Å²) in [5.74, 6) is -5.01. The second kappa shape index (κ2) is 43.0. The first-order chi connectivity index (χ1) is 46.2. The van der Waals surface area contributed by atoms with E-state index in [0.717, 1.165) is 12.0 Å². The lowest BCUT2D eigenvalue weighted by atomic mass is 9.83. The number of anilines is 1. The van der Waals surface area contributed by atoms with Gasteiger partial charge in [0.15, 0.2) is 11.6 Å². The number of nitrogens with one attached hydrogen (secondary N) is 3. The summed E-state index contributed by atoms with van der Waals surface area (Å²) in [5, 5.41) is 16.9. The number of carbonyl (C=O) groups excluding carboxylic acids is 11. The predicted octanol–water partition coefficient (Wildman–Crippen LogP) is 9.94. The number of rotatable bonds is 41. The number of nitrogens with two attached hydrogens (primary N) is 1. The van der Waals surface area contributed by atoms with E-state index >= 15 is 0 Å². The lowest BCUT2D eigenvalue weighted by Gasteiger charge is -2.41. The molecule has 0 aliphatic carbocycles. The number of carbonyl (C=O) groups is 11. The maximum Gasteiger partial charge on any atom is 0.410 e. The van der Waals surface area contributed by atoms with Crippen LogP contribution < -0.4 is 21.7 Å². The third-order valence-electron chi connectivity index (χ3n) is 19.0. The Kier molecular flexibility index (Phi) is 37.5. The highest BCUT2D eigenvalue weighted by Crippen LogP contribution is 2.33. The van der Waals surface area contributed by atoms with E-state index in [2.05, 4.69) is 16.0 Å². The van der Waals surface area contributed by atoms with Crippen LogP contribution >= 0.6 is 11.8 Å². The van der Waals surface area contributed by atoms with Crippen LogP contribution in [0.15, 0.2) is 54.6 Å². The highest BCUT2D eigenvalue weighted by molar-refractivity contribution is 8.00. The number of benzene rings is 2. The molecule has 6 N–H and O–H groups in total. The molecule has 0 bridgehead atoms. The number of nitrogens with zero attached hydrogens (tertiary/aromatic N) is 4. The number of likely N-dealkylation sites (tertiary alicyclic amines) is 2. The maximum absolute atomic E-state index is 14.8. The van der Waals surface area contributed by atoms with Crippen molar-refractivity contribution >= 4 is 82.4 Å². The van der Waals surface area contributed by atoms with Crippen LogP contribution in [-0.2, 0) is 64.0 Å². The molecule has 2 aliphatic heterocycles. The number of aliphatic hydroxyl groups excluding tert-OH is 1. The van der Waals surface area contributed by atoms with E-state index in [1.54, 1.807) is 70.3 Å². The number of ketones is 3. The van der Waals surface area contributed by atoms with Crippen molar-refractivity contribution in [3.05, 3.63) is 65.7 Å². The van der Waals surface area contributed by atoms with Gasteiger partial charge in [-0.2, -0.15) is 11.8 Å². The van der Waals surface area contributed by atoms with Crippen molar-refractivity contribution in [3.8, 4) is 0 Å². The number of Topliss-reactive ketones (excluding diaryl/α,β-unsaturated/α-hetero) is 3. The molecule has 2 aliphatic rings. The minimum atomic E-state index is -0.946. The van der Waals surface area contributed by atoms with Crippen LogP contribution in [0.4, 0.5) is 15.3 Å². The van der Waals surface area contributed by atoms with Crippen molar-refractivity contribution < 1.29 is 72.1 Å². The van der Waals surface area contributed by atoms with Gasteiger partial charge in [0.05, 0.1) is 54.2 Å². The molecule has 2 fully saturated rings. The fourth-order valence-electron chi connectivity index (χ4n) is 13.1. The molecule has 2 saturated heterocycles. The topological polar surface area (TPSA) is 311 Å². The Bertz CT molecular complexity index is 2890. The summed E-state index contributed by atoms with van der Waals surface area (Å²) in [6.45, 7) is 23.5. The number of methoxy groups -OCH3 is 2. The van der Waals surface area contributed by atoms with Gasteiger partial charge in [-0.25, -0.2) is 9.59 Å². The van der Waals surface area contributed by atoms with Gasteiger partial charge in [0, 0.05) is 103 Å². The maximum atomic E-state index is 14.8. The number of thioether (sulfide) groups is 1. The van der Waals surface area contributed by atoms with E-state index < -0.39 is 66.1 Å². The molecule has 24 heteroatoms. The first-order valence-corrected chi connectivity index (χ1v) is 36.5. The normalized spacial score (nSPS) is 17.8. The number of unbranched alkanes of at least 4 members (excludes halogenated alkanes) is 2. The van der Waals surface area contributed by atoms with E-state index in [-0.39, 0.29) is 146 Å². The van der Waals surface area contributed by atoms with Gasteiger partial charge in [0.25, 0.3) is 0 Å². The van der Waals surface area contributed by atoms with Crippen LogP contribution in [-0.4, -0.2) is 185 Å². The van der Waals surface area contributed by atoms with Gasteiger partial charge in [0.2, 0.25) is 35.4 Å². The third-order valence-corrected chi connectivity index (χ3v) is 19.9. The molecular weight excluding hydrogens is 1270 g/mol. The summed E-state index contributed by atoms with van der Waals surface area (Å²) >= 11 is 1.36. The summed E-state index contributed by atoms with van der Waals surface area (Å²) < 4.78 is 17.8. The standard InChI is InChI=1S/C66H108N8O14S.C8H10O/c1-17-43(10)60(53(86-14)36-56(79)73-32-22-24-49(73)61(87-15)44(11)50(75)33-39(2)3)71(12)63(82)48(40(4)5)35-52(77)59(42(8)9)72(13)66(85)88-38-45-26-28-47(29-27-45)69-62(81)46(23-21-30-68-65(67)84)34-51(76)58(41(6)7)70-55(78)25-19-18-20-31-74-57(80)37-54(89-16)64(74)83;1-7(9)8-5-3-2-4-6-8/h26-29,39-44,46,48-49,53-54,58-61H,17-25,30-38H2,1-16H3,(H,69,81)(H,70,78)(H3,67,68,84);2-7,9H,1H3/t43-,44-,46+,48-,49-,53+,54?,58-,59-,60-,61+;7-/m01/s1. The number of amides is 9. The number of urea groups is 1. The quantitative estimate of drug-likeness (QED) is 0.0305. The van der Waals surface area contributed by atoms with Crippen molar-refractivity contribution in [1.29, 1.82) is 0 Å². The molecule has 2 heterocycles. The van der Waals surface area contributed by atoms with Gasteiger partial charge >= 0.3 is 12.1 Å². The molecule has 1 unspecified atom stereocenters. The van der Waals surface area contributed by atoms with Gasteiger partial charge in [-0.3, -0.25) is 48.1 Å². The Morgan fingerprint density at radius 1 is 0.755 bits per heavy atom. The van der Waals surface area contributed by atoms with Gasteiger partial charge in [-0.15, -0.1) is 0 Å². The van der Waals surface area contributed by atoms with Crippen LogP contribution in [0.1, 0.15) is 190 Å². The number of primary amides is 1. The highest BCUT2D eigenvalue weighted by Gasteiger charge is 2.44. The van der Waals surface area contributed by atoms with Crippen molar-refractivity contribution in [3.63, 3.8) is 0 Å². The molecule has 12 atom stereocenters. The number of ether oxygens (including phenoxy) is 3. The molecule has 0 saturated carbocycles. The summed E-state index contributed by atoms with van der Waals surface area (Å²) in [7, 11) is 6.31. The van der Waals surface area contributed by atoms with Crippen LogP contribution in [0.2, 0.25) is 0 Å². The van der Waals surface area contributed by atoms with Gasteiger partial charge in [0.1, 0.15) is 12.4 Å². The minimum absolute atomic E-state index is 0.00641. The second-order valence-electron chi connectivity index (χ2n) is 28.0. The Morgan fingerprint density at radius 3 is 1.94 bits per heavy atom. The average Bonchev–Trinajstić information content (AvgIpc) is 0.956. The lowest BCUT2D eigenvalue weighted by molar-refractivity contribution is -0.149. The fraction of sp³-hybridized carbons (Fsp3) is 0.689. The third kappa shape index (κ3) is 26.7. The fourth-order valence-corrected chi connectivity index (χ4v) is 13.8. The molecule has 98 heavy (non-hydrogen) atoms. The average molecular weight is 1390 g/mol. The molecule has 550 valence electrons. The summed E-state index contributed by atoms with van der Waals surface area (Å²) in [6.07, 6.45) is 4.23. The molecule has 0 radical (unpaired) electrons. The minimum Gasteiger partial charge on any atom is -0.445 e. The zero-order valence-corrected chi connectivity index (χ0v) is 62.4. The van der Waals surface area contributed by atoms with Gasteiger partial charge in [-0.05, 0) is 105 Å². The summed E-state index contributed by atoms with van der Waals surface area (Å²) in [6, 6.07) is 12.8. The van der Waals surface area contributed by atoms with Crippen LogP contribution in [0, 0.1) is 47.3 Å². The second-order valence-corrected chi connectivity index (χ2v) is 29.1. The molecule has 9 amide bonds. The van der Waals surface area contributed by atoms with Crippen molar-refractivity contribution in [1.82, 2.24) is 30.2 Å². The summed E-state index contributed by atoms with van der Waals surface area (Å²) in [5.41, 5.74) is 7.20. The largest absolute Gasteiger partial charge is 0.445 e. The molecule has 0 spiro atoms. The van der Waals surface area contributed by atoms with Gasteiger partial charge in [-0.1, -0.05) is 131 Å².